The highest BCUT2D eigenvalue weighted by Crippen LogP contribution is 2.28. The minimum absolute atomic E-state index is 0.171. The van der Waals surface area contributed by atoms with Gasteiger partial charge in [0.25, 0.3) is 5.56 Å². The van der Waals surface area contributed by atoms with Gasteiger partial charge in [0.1, 0.15) is 4.47 Å². The fraction of sp³-hybridized carbons (Fsp3) is 0.714. The normalized spacial score (nSPS) is 12.8. The Hall–Kier alpha value is -0.880. The van der Waals surface area contributed by atoms with Crippen LogP contribution in [0.4, 0.5) is 5.69 Å². The molecule has 0 saturated carbocycles. The summed E-state index contributed by atoms with van der Waals surface area (Å²) in [6.45, 7) is 11.8. The molecular formula is C14H24BrN3O2. The highest BCUT2D eigenvalue weighted by Gasteiger charge is 2.35. The van der Waals surface area contributed by atoms with Crippen LogP contribution in [0.1, 0.15) is 41.5 Å². The maximum atomic E-state index is 12.2. The third-order valence-corrected chi connectivity index (χ3v) is 4.27. The van der Waals surface area contributed by atoms with Crippen LogP contribution in [0, 0.1) is 5.92 Å². The van der Waals surface area contributed by atoms with E-state index in [9.17, 15) is 9.90 Å². The zero-order chi connectivity index (χ0) is 15.7. The van der Waals surface area contributed by atoms with Crippen LogP contribution >= 0.6 is 15.9 Å². The Bertz CT molecular complexity index is 530. The van der Waals surface area contributed by atoms with E-state index in [0.29, 0.717) is 22.6 Å². The number of nitrogens with one attached hydrogen (secondary N) is 1. The van der Waals surface area contributed by atoms with Crippen LogP contribution < -0.4 is 10.9 Å². The summed E-state index contributed by atoms with van der Waals surface area (Å²) in [5.74, 6) is 0.346. The van der Waals surface area contributed by atoms with Gasteiger partial charge in [0.15, 0.2) is 0 Å². The second-order valence-electron chi connectivity index (χ2n) is 6.56. The summed E-state index contributed by atoms with van der Waals surface area (Å²) in [4.78, 5) is 12.2. The summed E-state index contributed by atoms with van der Waals surface area (Å²) < 4.78 is 1.88. The minimum Gasteiger partial charge on any atom is -0.388 e. The number of rotatable bonds is 5. The molecule has 0 fully saturated rings. The molecule has 0 unspecified atom stereocenters. The van der Waals surface area contributed by atoms with E-state index in [1.807, 2.05) is 27.7 Å². The van der Waals surface area contributed by atoms with E-state index < -0.39 is 11.1 Å². The van der Waals surface area contributed by atoms with Crippen molar-refractivity contribution in [2.45, 2.75) is 59.2 Å². The van der Waals surface area contributed by atoms with Crippen LogP contribution in [-0.4, -0.2) is 26.0 Å². The Morgan fingerprint density at radius 2 is 1.95 bits per heavy atom. The van der Waals surface area contributed by atoms with E-state index in [4.69, 9.17) is 0 Å². The molecule has 0 radical (unpaired) electrons. The van der Waals surface area contributed by atoms with Gasteiger partial charge in [0, 0.05) is 6.54 Å². The second-order valence-corrected chi connectivity index (χ2v) is 7.36. The van der Waals surface area contributed by atoms with Crippen molar-refractivity contribution in [1.29, 1.82) is 0 Å². The molecule has 0 bridgehead atoms. The zero-order valence-electron chi connectivity index (χ0n) is 13.0. The maximum Gasteiger partial charge on any atom is 0.283 e. The molecular weight excluding hydrogens is 322 g/mol. The quantitative estimate of drug-likeness (QED) is 0.860. The molecule has 0 amide bonds. The lowest BCUT2D eigenvalue weighted by Crippen LogP contribution is -2.51. The van der Waals surface area contributed by atoms with Crippen LogP contribution in [0.3, 0.4) is 0 Å². The first-order valence-electron chi connectivity index (χ1n) is 6.72. The SMILES string of the molecule is CC(C)Cn1ncc(NC(C)(C)C(C)(C)O)c(Br)c1=O. The number of aliphatic hydroxyl groups is 1. The number of nitrogens with zero attached hydrogens (tertiary/aromatic N) is 2. The van der Waals surface area contributed by atoms with Gasteiger partial charge in [0.2, 0.25) is 0 Å². The molecule has 114 valence electrons. The molecule has 1 rings (SSSR count). The Labute approximate surface area is 128 Å². The zero-order valence-corrected chi connectivity index (χ0v) is 14.6. The first kappa shape index (κ1) is 17.2. The molecule has 2 N–H and O–H groups in total. The van der Waals surface area contributed by atoms with Crippen molar-refractivity contribution in [2.24, 2.45) is 5.92 Å². The van der Waals surface area contributed by atoms with E-state index in [-0.39, 0.29) is 5.56 Å². The molecule has 0 aromatic carbocycles. The maximum absolute atomic E-state index is 12.2. The van der Waals surface area contributed by atoms with Crippen LogP contribution in [0.25, 0.3) is 0 Å². The van der Waals surface area contributed by atoms with Gasteiger partial charge in [-0.25, -0.2) is 4.68 Å². The number of hydrogen-bond donors (Lipinski definition) is 2. The van der Waals surface area contributed by atoms with Crippen molar-refractivity contribution in [1.82, 2.24) is 9.78 Å². The molecule has 1 aromatic rings. The minimum atomic E-state index is -0.945. The van der Waals surface area contributed by atoms with Crippen molar-refractivity contribution < 1.29 is 5.11 Å². The van der Waals surface area contributed by atoms with E-state index in [0.717, 1.165) is 0 Å². The van der Waals surface area contributed by atoms with Crippen molar-refractivity contribution in [3.05, 3.63) is 21.0 Å². The van der Waals surface area contributed by atoms with Gasteiger partial charge in [-0.3, -0.25) is 4.79 Å². The molecule has 20 heavy (non-hydrogen) atoms. The third kappa shape index (κ3) is 3.82. The van der Waals surface area contributed by atoms with Gasteiger partial charge in [-0.1, -0.05) is 13.8 Å². The number of halogens is 1. The fourth-order valence-corrected chi connectivity index (χ4v) is 1.92. The van der Waals surface area contributed by atoms with Crippen LogP contribution in [0.15, 0.2) is 15.5 Å². The predicted octanol–water partition coefficient (Wildman–Crippen LogP) is 2.62. The largest absolute Gasteiger partial charge is 0.388 e. The molecule has 1 aromatic heterocycles. The average Bonchev–Trinajstić information content (AvgIpc) is 2.26. The first-order chi connectivity index (χ1) is 8.95. The predicted molar refractivity (Wildman–Crippen MR) is 85.0 cm³/mol. The molecule has 5 nitrogen and oxygen atoms in total. The standard InChI is InChI=1S/C14H24BrN3O2/c1-9(2)8-18-12(19)11(15)10(7-16-18)17-13(3,4)14(5,6)20/h7,9,17,20H,8H2,1-6H3. The third-order valence-electron chi connectivity index (χ3n) is 3.50. The highest BCUT2D eigenvalue weighted by atomic mass is 79.9. The van der Waals surface area contributed by atoms with Gasteiger partial charge < -0.3 is 10.4 Å². The van der Waals surface area contributed by atoms with Crippen molar-refractivity contribution >= 4 is 21.6 Å². The summed E-state index contributed by atoms with van der Waals surface area (Å²) in [7, 11) is 0. The molecule has 0 aliphatic heterocycles. The van der Waals surface area contributed by atoms with Gasteiger partial charge >= 0.3 is 0 Å². The van der Waals surface area contributed by atoms with E-state index in [1.54, 1.807) is 20.0 Å². The van der Waals surface area contributed by atoms with E-state index >= 15 is 0 Å². The summed E-state index contributed by atoms with van der Waals surface area (Å²) >= 11 is 3.32. The smallest absolute Gasteiger partial charge is 0.283 e. The van der Waals surface area contributed by atoms with Crippen molar-refractivity contribution in [3.63, 3.8) is 0 Å². The first-order valence-corrected chi connectivity index (χ1v) is 7.51. The Balaban J connectivity index is 3.12. The number of hydrogen-bond acceptors (Lipinski definition) is 4. The topological polar surface area (TPSA) is 67.2 Å². The molecule has 0 aliphatic carbocycles. The molecule has 0 aliphatic rings. The van der Waals surface area contributed by atoms with Crippen molar-refractivity contribution in [2.75, 3.05) is 5.32 Å². The summed E-state index contributed by atoms with van der Waals surface area (Å²) in [6, 6.07) is 0. The number of anilines is 1. The summed E-state index contributed by atoms with van der Waals surface area (Å²) in [6.07, 6.45) is 1.61. The summed E-state index contributed by atoms with van der Waals surface area (Å²) in [5.41, 5.74) is -1.13. The lowest BCUT2D eigenvalue weighted by atomic mass is 9.86. The van der Waals surface area contributed by atoms with Crippen LogP contribution in [0.2, 0.25) is 0 Å². The van der Waals surface area contributed by atoms with Gasteiger partial charge in [-0.05, 0) is 49.5 Å². The van der Waals surface area contributed by atoms with Gasteiger partial charge in [0.05, 0.1) is 23.0 Å². The monoisotopic (exact) mass is 345 g/mol. The number of aromatic nitrogens is 2. The van der Waals surface area contributed by atoms with Gasteiger partial charge in [-0.2, -0.15) is 5.10 Å². The molecule has 1 heterocycles. The lowest BCUT2D eigenvalue weighted by Gasteiger charge is -2.39. The Kier molecular flexibility index (Phi) is 5.03. The lowest BCUT2D eigenvalue weighted by molar-refractivity contribution is 0.0240. The molecule has 0 spiro atoms. The Morgan fingerprint density at radius 3 is 2.40 bits per heavy atom. The molecule has 6 heteroatoms. The van der Waals surface area contributed by atoms with Crippen LogP contribution in [-0.2, 0) is 6.54 Å². The van der Waals surface area contributed by atoms with Gasteiger partial charge in [-0.15, -0.1) is 0 Å². The van der Waals surface area contributed by atoms with E-state index in [2.05, 4.69) is 26.3 Å². The highest BCUT2D eigenvalue weighted by molar-refractivity contribution is 9.10. The second kappa shape index (κ2) is 5.85. The van der Waals surface area contributed by atoms with Crippen molar-refractivity contribution in [3.8, 4) is 0 Å². The van der Waals surface area contributed by atoms with Crippen LogP contribution in [0.5, 0.6) is 0 Å². The summed E-state index contributed by atoms with van der Waals surface area (Å²) in [5, 5.41) is 17.5. The molecule has 0 atom stereocenters. The Morgan fingerprint density at radius 1 is 1.40 bits per heavy atom. The fourth-order valence-electron chi connectivity index (χ4n) is 1.52. The van der Waals surface area contributed by atoms with E-state index in [1.165, 1.54) is 4.68 Å². The average molecular weight is 346 g/mol. The molecule has 0 saturated heterocycles.